The summed E-state index contributed by atoms with van der Waals surface area (Å²) in [5.74, 6) is 0. The molecule has 3 rings (SSSR count). The summed E-state index contributed by atoms with van der Waals surface area (Å²) in [6, 6.07) is 7.84. The highest BCUT2D eigenvalue weighted by Crippen LogP contribution is 2.28. The van der Waals surface area contributed by atoms with Gasteiger partial charge in [-0.15, -0.1) is 11.3 Å². The van der Waals surface area contributed by atoms with Crippen LogP contribution in [0.5, 0.6) is 0 Å². The van der Waals surface area contributed by atoms with E-state index in [9.17, 15) is 0 Å². The molecule has 0 aliphatic carbocycles. The molecule has 0 fully saturated rings. The van der Waals surface area contributed by atoms with E-state index in [0.29, 0.717) is 10.3 Å². The number of imidazole rings is 1. The van der Waals surface area contributed by atoms with Crippen molar-refractivity contribution in [3.8, 4) is 6.07 Å². The SMILES string of the molecule is CCC(c1nccs1)n1c(=S)[nH]c2ccc(C#N)cc21. The van der Waals surface area contributed by atoms with Crippen LogP contribution in [0.15, 0.2) is 29.8 Å². The molecular weight excluding hydrogens is 288 g/mol. The fraction of sp³-hybridized carbons (Fsp3) is 0.214. The van der Waals surface area contributed by atoms with Crippen molar-refractivity contribution in [2.24, 2.45) is 0 Å². The van der Waals surface area contributed by atoms with Crippen LogP contribution in [0, 0.1) is 16.1 Å². The van der Waals surface area contributed by atoms with E-state index < -0.39 is 0 Å². The van der Waals surface area contributed by atoms with Gasteiger partial charge in [0.25, 0.3) is 0 Å². The maximum absolute atomic E-state index is 9.07. The van der Waals surface area contributed by atoms with E-state index in [1.54, 1.807) is 17.4 Å². The van der Waals surface area contributed by atoms with Gasteiger partial charge in [-0.1, -0.05) is 6.92 Å². The smallest absolute Gasteiger partial charge is 0.178 e. The van der Waals surface area contributed by atoms with Gasteiger partial charge in [-0.05, 0) is 36.8 Å². The van der Waals surface area contributed by atoms with E-state index in [0.717, 1.165) is 22.5 Å². The normalized spacial score (nSPS) is 12.4. The number of fused-ring (bicyclic) bond motifs is 1. The fourth-order valence-corrected chi connectivity index (χ4v) is 3.51. The predicted octanol–water partition coefficient (Wildman–Crippen LogP) is 4.03. The first kappa shape index (κ1) is 13.0. The molecule has 0 amide bonds. The van der Waals surface area contributed by atoms with Crippen LogP contribution in [-0.2, 0) is 0 Å². The molecule has 0 spiro atoms. The lowest BCUT2D eigenvalue weighted by Crippen LogP contribution is -2.09. The van der Waals surface area contributed by atoms with E-state index in [4.69, 9.17) is 17.5 Å². The summed E-state index contributed by atoms with van der Waals surface area (Å²) in [6.45, 7) is 2.11. The number of rotatable bonds is 3. The maximum Gasteiger partial charge on any atom is 0.178 e. The first-order valence-electron chi connectivity index (χ1n) is 6.28. The van der Waals surface area contributed by atoms with Gasteiger partial charge < -0.3 is 9.55 Å². The molecule has 0 radical (unpaired) electrons. The molecule has 0 aliphatic rings. The van der Waals surface area contributed by atoms with Crippen LogP contribution >= 0.6 is 23.6 Å². The Morgan fingerprint density at radius 1 is 1.55 bits per heavy atom. The minimum absolute atomic E-state index is 0.102. The standard InChI is InChI=1S/C14H12N4S2/c1-2-11(13-16-5-6-20-13)18-12-7-9(8-15)3-4-10(12)17-14(18)19/h3-7,11H,2H2,1H3,(H,17,19). The van der Waals surface area contributed by atoms with E-state index in [2.05, 4.69) is 27.5 Å². The molecule has 6 heteroatoms. The molecular formula is C14H12N4S2. The average Bonchev–Trinajstić information content (AvgIpc) is 3.08. The summed E-state index contributed by atoms with van der Waals surface area (Å²) in [4.78, 5) is 7.61. The van der Waals surface area contributed by atoms with Crippen LogP contribution in [0.25, 0.3) is 11.0 Å². The topological polar surface area (TPSA) is 57.4 Å². The summed E-state index contributed by atoms with van der Waals surface area (Å²) in [5, 5.41) is 12.1. The number of hydrogen-bond donors (Lipinski definition) is 1. The number of benzene rings is 1. The van der Waals surface area contributed by atoms with Crippen molar-refractivity contribution in [1.29, 1.82) is 5.26 Å². The summed E-state index contributed by atoms with van der Waals surface area (Å²) >= 11 is 7.07. The number of aromatic nitrogens is 3. The van der Waals surface area contributed by atoms with E-state index in [-0.39, 0.29) is 6.04 Å². The third-order valence-corrected chi connectivity index (χ3v) is 4.46. The van der Waals surface area contributed by atoms with Crippen LogP contribution in [0.1, 0.15) is 30.0 Å². The minimum atomic E-state index is 0.102. The molecule has 1 aromatic carbocycles. The minimum Gasteiger partial charge on any atom is -0.331 e. The Kier molecular flexibility index (Phi) is 3.38. The van der Waals surface area contributed by atoms with Crippen LogP contribution in [0.2, 0.25) is 0 Å². The van der Waals surface area contributed by atoms with Gasteiger partial charge >= 0.3 is 0 Å². The second kappa shape index (κ2) is 5.19. The van der Waals surface area contributed by atoms with Crippen molar-refractivity contribution in [3.05, 3.63) is 45.1 Å². The number of nitrogens with zero attached hydrogens (tertiary/aromatic N) is 3. The average molecular weight is 300 g/mol. The molecule has 0 bridgehead atoms. The molecule has 1 N–H and O–H groups in total. The highest BCUT2D eigenvalue weighted by atomic mass is 32.1. The van der Waals surface area contributed by atoms with Crippen LogP contribution < -0.4 is 0 Å². The van der Waals surface area contributed by atoms with Crippen LogP contribution in [0.4, 0.5) is 0 Å². The lowest BCUT2D eigenvalue weighted by Gasteiger charge is -2.15. The third-order valence-electron chi connectivity index (χ3n) is 3.28. The van der Waals surface area contributed by atoms with E-state index in [1.165, 1.54) is 0 Å². The number of thiazole rings is 1. The van der Waals surface area contributed by atoms with Crippen molar-refractivity contribution >= 4 is 34.6 Å². The van der Waals surface area contributed by atoms with E-state index in [1.807, 2.05) is 23.7 Å². The Morgan fingerprint density at radius 2 is 2.40 bits per heavy atom. The molecule has 0 aliphatic heterocycles. The first-order chi connectivity index (χ1) is 9.74. The number of H-pyrrole nitrogens is 1. The summed E-state index contributed by atoms with van der Waals surface area (Å²) in [6.07, 6.45) is 2.70. The lowest BCUT2D eigenvalue weighted by molar-refractivity contribution is 0.571. The molecule has 2 heterocycles. The first-order valence-corrected chi connectivity index (χ1v) is 7.57. The molecule has 0 saturated carbocycles. The molecule has 2 aromatic heterocycles. The second-order valence-corrected chi connectivity index (χ2v) is 5.75. The summed E-state index contributed by atoms with van der Waals surface area (Å²) in [5.41, 5.74) is 2.54. The van der Waals surface area contributed by atoms with Gasteiger partial charge in [0.2, 0.25) is 0 Å². The molecule has 1 atom stereocenters. The maximum atomic E-state index is 9.07. The molecule has 0 saturated heterocycles. The Labute approximate surface area is 125 Å². The third kappa shape index (κ3) is 2.05. The van der Waals surface area contributed by atoms with Gasteiger partial charge in [-0.2, -0.15) is 5.26 Å². The zero-order valence-electron chi connectivity index (χ0n) is 10.8. The fourth-order valence-electron chi connectivity index (χ4n) is 2.37. The Hall–Kier alpha value is -1.97. The van der Waals surface area contributed by atoms with Gasteiger partial charge in [-0.3, -0.25) is 0 Å². The lowest BCUT2D eigenvalue weighted by atomic mass is 10.2. The monoisotopic (exact) mass is 300 g/mol. The largest absolute Gasteiger partial charge is 0.331 e. The summed E-state index contributed by atoms with van der Waals surface area (Å²) < 4.78 is 2.72. The number of hydrogen-bond acceptors (Lipinski definition) is 4. The van der Waals surface area contributed by atoms with Gasteiger partial charge in [-0.25, -0.2) is 4.98 Å². The van der Waals surface area contributed by atoms with Gasteiger partial charge in [0.1, 0.15) is 5.01 Å². The van der Waals surface area contributed by atoms with E-state index >= 15 is 0 Å². The molecule has 3 aromatic rings. The molecule has 100 valence electrons. The van der Waals surface area contributed by atoms with Crippen molar-refractivity contribution in [2.75, 3.05) is 0 Å². The number of nitriles is 1. The van der Waals surface area contributed by atoms with Gasteiger partial charge in [0, 0.05) is 11.6 Å². The second-order valence-electron chi connectivity index (χ2n) is 4.44. The number of aromatic amines is 1. The highest BCUT2D eigenvalue weighted by Gasteiger charge is 2.18. The van der Waals surface area contributed by atoms with Gasteiger partial charge in [0.05, 0.1) is 28.7 Å². The van der Waals surface area contributed by atoms with Crippen molar-refractivity contribution in [3.63, 3.8) is 0 Å². The van der Waals surface area contributed by atoms with Crippen LogP contribution in [-0.4, -0.2) is 14.5 Å². The molecule has 20 heavy (non-hydrogen) atoms. The van der Waals surface area contributed by atoms with Gasteiger partial charge in [0.15, 0.2) is 4.77 Å². The Morgan fingerprint density at radius 3 is 3.05 bits per heavy atom. The number of nitrogens with one attached hydrogen (secondary N) is 1. The molecule has 1 unspecified atom stereocenters. The highest BCUT2D eigenvalue weighted by molar-refractivity contribution is 7.71. The van der Waals surface area contributed by atoms with Crippen molar-refractivity contribution in [1.82, 2.24) is 14.5 Å². The zero-order valence-corrected chi connectivity index (χ0v) is 12.5. The Balaban J connectivity index is 2.27. The predicted molar refractivity (Wildman–Crippen MR) is 82.4 cm³/mol. The quantitative estimate of drug-likeness (QED) is 0.743. The summed E-state index contributed by atoms with van der Waals surface area (Å²) in [7, 11) is 0. The molecule has 4 nitrogen and oxygen atoms in total. The van der Waals surface area contributed by atoms with Crippen LogP contribution in [0.3, 0.4) is 0 Å². The van der Waals surface area contributed by atoms with Crippen molar-refractivity contribution < 1.29 is 0 Å². The van der Waals surface area contributed by atoms with Crippen molar-refractivity contribution in [2.45, 2.75) is 19.4 Å². The Bertz CT molecular complexity index is 836. The zero-order chi connectivity index (χ0) is 14.1.